The molecule has 1 amide bonds. The number of hydrazine groups is 1. The summed E-state index contributed by atoms with van der Waals surface area (Å²) < 4.78 is 10.1. The summed E-state index contributed by atoms with van der Waals surface area (Å²) in [7, 11) is 0. The van der Waals surface area contributed by atoms with Crippen LogP contribution in [-0.4, -0.2) is 50.4 Å². The second-order valence-electron chi connectivity index (χ2n) is 2.77. The summed E-state index contributed by atoms with van der Waals surface area (Å²) in [4.78, 5) is 11.2. The van der Waals surface area contributed by atoms with Crippen molar-refractivity contribution in [2.75, 3.05) is 39.5 Å². The normalized spacial score (nSPS) is 18.5. The van der Waals surface area contributed by atoms with Gasteiger partial charge in [0.2, 0.25) is 0 Å². The molecule has 0 radical (unpaired) electrons. The third-order valence-corrected chi connectivity index (χ3v) is 1.73. The Balaban J connectivity index is 2.11. The summed E-state index contributed by atoms with van der Waals surface area (Å²) in [6, 6.07) is 0. The van der Waals surface area contributed by atoms with Gasteiger partial charge in [0.25, 0.3) is 5.91 Å². The number of nitrogens with one attached hydrogen (secondary N) is 1. The summed E-state index contributed by atoms with van der Waals surface area (Å²) in [5.41, 5.74) is 2.74. The van der Waals surface area contributed by atoms with E-state index in [1.165, 1.54) is 0 Å². The molecule has 1 saturated heterocycles. The molecule has 5 nitrogen and oxygen atoms in total. The average molecular weight is 188 g/mol. The highest BCUT2D eigenvalue weighted by molar-refractivity contribution is 5.76. The van der Waals surface area contributed by atoms with Crippen LogP contribution in [0.2, 0.25) is 0 Å². The van der Waals surface area contributed by atoms with Crippen LogP contribution in [-0.2, 0) is 14.3 Å². The van der Waals surface area contributed by atoms with Crippen LogP contribution in [0.25, 0.3) is 0 Å². The highest BCUT2D eigenvalue weighted by Crippen LogP contribution is 1.91. The van der Waals surface area contributed by atoms with Crippen molar-refractivity contribution in [3.8, 4) is 0 Å². The van der Waals surface area contributed by atoms with Crippen molar-refractivity contribution in [1.29, 1.82) is 0 Å². The molecular formula is C8H16N2O3. The van der Waals surface area contributed by atoms with Gasteiger partial charge in [-0.2, -0.15) is 0 Å². The molecule has 1 fully saturated rings. The fraction of sp³-hybridized carbons (Fsp3) is 0.875. The maximum Gasteiger partial charge on any atom is 0.260 e. The summed E-state index contributed by atoms with van der Waals surface area (Å²) in [5.74, 6) is -0.0937. The van der Waals surface area contributed by atoms with E-state index in [0.717, 1.165) is 13.1 Å². The SMILES string of the molecule is CCOCC(=O)NN1CCOCC1. The van der Waals surface area contributed by atoms with E-state index in [2.05, 4.69) is 5.43 Å². The van der Waals surface area contributed by atoms with Gasteiger partial charge in [-0.3, -0.25) is 10.2 Å². The molecule has 1 N–H and O–H groups in total. The van der Waals surface area contributed by atoms with E-state index in [4.69, 9.17) is 9.47 Å². The fourth-order valence-corrected chi connectivity index (χ4v) is 1.08. The number of nitrogens with zero attached hydrogens (tertiary/aromatic N) is 1. The zero-order valence-corrected chi connectivity index (χ0v) is 7.91. The lowest BCUT2D eigenvalue weighted by Crippen LogP contribution is -2.49. The topological polar surface area (TPSA) is 50.8 Å². The highest BCUT2D eigenvalue weighted by Gasteiger charge is 2.12. The molecule has 0 bridgehead atoms. The number of carbonyl (C=O) groups is 1. The first-order valence-electron chi connectivity index (χ1n) is 4.53. The van der Waals surface area contributed by atoms with Crippen LogP contribution in [0.15, 0.2) is 0 Å². The number of amides is 1. The van der Waals surface area contributed by atoms with Gasteiger partial charge in [-0.1, -0.05) is 0 Å². The van der Waals surface area contributed by atoms with Gasteiger partial charge in [0, 0.05) is 19.7 Å². The third kappa shape index (κ3) is 4.21. The predicted molar refractivity (Wildman–Crippen MR) is 47.0 cm³/mol. The van der Waals surface area contributed by atoms with Gasteiger partial charge >= 0.3 is 0 Å². The van der Waals surface area contributed by atoms with Crippen molar-refractivity contribution in [3.05, 3.63) is 0 Å². The number of ether oxygens (including phenoxy) is 2. The van der Waals surface area contributed by atoms with Crippen LogP contribution < -0.4 is 5.43 Å². The van der Waals surface area contributed by atoms with E-state index >= 15 is 0 Å². The lowest BCUT2D eigenvalue weighted by atomic mass is 10.5. The molecule has 0 aromatic rings. The molecule has 5 heteroatoms. The van der Waals surface area contributed by atoms with Crippen molar-refractivity contribution in [2.24, 2.45) is 0 Å². The Morgan fingerprint density at radius 1 is 1.54 bits per heavy atom. The summed E-state index contributed by atoms with van der Waals surface area (Å²) in [6.07, 6.45) is 0. The molecule has 13 heavy (non-hydrogen) atoms. The Morgan fingerprint density at radius 3 is 2.85 bits per heavy atom. The molecule has 1 heterocycles. The zero-order valence-electron chi connectivity index (χ0n) is 7.91. The molecule has 1 aliphatic heterocycles. The van der Waals surface area contributed by atoms with E-state index < -0.39 is 0 Å². The maximum absolute atomic E-state index is 11.2. The van der Waals surface area contributed by atoms with Gasteiger partial charge in [-0.15, -0.1) is 0 Å². The lowest BCUT2D eigenvalue weighted by molar-refractivity contribution is -0.132. The quantitative estimate of drug-likeness (QED) is 0.639. The Labute approximate surface area is 78.0 Å². The van der Waals surface area contributed by atoms with Crippen molar-refractivity contribution >= 4 is 5.91 Å². The van der Waals surface area contributed by atoms with Crippen molar-refractivity contribution in [2.45, 2.75) is 6.92 Å². The largest absolute Gasteiger partial charge is 0.379 e. The van der Waals surface area contributed by atoms with Crippen LogP contribution in [0.1, 0.15) is 6.92 Å². The fourth-order valence-electron chi connectivity index (χ4n) is 1.08. The predicted octanol–water partition coefficient (Wildman–Crippen LogP) is -0.614. The summed E-state index contributed by atoms with van der Waals surface area (Å²) in [5, 5.41) is 1.85. The van der Waals surface area contributed by atoms with E-state index in [1.807, 2.05) is 11.9 Å². The van der Waals surface area contributed by atoms with Gasteiger partial charge in [0.1, 0.15) is 6.61 Å². The standard InChI is InChI=1S/C8H16N2O3/c1-2-12-7-8(11)9-10-3-5-13-6-4-10/h2-7H2,1H3,(H,9,11). The first-order valence-corrected chi connectivity index (χ1v) is 4.53. The van der Waals surface area contributed by atoms with Crippen LogP contribution in [0, 0.1) is 0 Å². The second kappa shape index (κ2) is 5.90. The van der Waals surface area contributed by atoms with Crippen molar-refractivity contribution in [3.63, 3.8) is 0 Å². The van der Waals surface area contributed by atoms with Crippen LogP contribution >= 0.6 is 0 Å². The van der Waals surface area contributed by atoms with Gasteiger partial charge in [-0.25, -0.2) is 5.01 Å². The number of hydrogen-bond acceptors (Lipinski definition) is 4. The molecule has 0 saturated carbocycles. The Morgan fingerprint density at radius 2 is 2.23 bits per heavy atom. The summed E-state index contributed by atoms with van der Waals surface area (Å²) in [6.45, 7) is 5.41. The molecule has 1 aliphatic rings. The summed E-state index contributed by atoms with van der Waals surface area (Å²) >= 11 is 0. The van der Waals surface area contributed by atoms with Crippen molar-refractivity contribution in [1.82, 2.24) is 10.4 Å². The van der Waals surface area contributed by atoms with E-state index in [9.17, 15) is 4.79 Å². The Bertz CT molecular complexity index is 157. The average Bonchev–Trinajstić information content (AvgIpc) is 2.16. The van der Waals surface area contributed by atoms with Gasteiger partial charge in [-0.05, 0) is 6.92 Å². The van der Waals surface area contributed by atoms with Gasteiger partial charge in [0.05, 0.1) is 13.2 Å². The molecule has 0 atom stereocenters. The van der Waals surface area contributed by atoms with Crippen LogP contribution in [0.5, 0.6) is 0 Å². The molecule has 76 valence electrons. The number of rotatable bonds is 4. The van der Waals surface area contributed by atoms with Crippen LogP contribution in [0.4, 0.5) is 0 Å². The molecular weight excluding hydrogens is 172 g/mol. The van der Waals surface area contributed by atoms with Gasteiger partial charge < -0.3 is 9.47 Å². The number of morpholine rings is 1. The first-order chi connectivity index (χ1) is 6.33. The Kier molecular flexibility index (Phi) is 4.74. The minimum atomic E-state index is -0.0937. The molecule has 0 spiro atoms. The lowest BCUT2D eigenvalue weighted by Gasteiger charge is -2.26. The zero-order chi connectivity index (χ0) is 9.52. The minimum Gasteiger partial charge on any atom is -0.379 e. The molecule has 0 aliphatic carbocycles. The third-order valence-electron chi connectivity index (χ3n) is 1.73. The Hall–Kier alpha value is -0.650. The number of carbonyl (C=O) groups excluding carboxylic acids is 1. The highest BCUT2D eigenvalue weighted by atomic mass is 16.5. The monoisotopic (exact) mass is 188 g/mol. The van der Waals surface area contributed by atoms with Crippen LogP contribution in [0.3, 0.4) is 0 Å². The molecule has 0 unspecified atom stereocenters. The molecule has 0 aromatic heterocycles. The van der Waals surface area contributed by atoms with Crippen molar-refractivity contribution < 1.29 is 14.3 Å². The van der Waals surface area contributed by atoms with E-state index in [1.54, 1.807) is 0 Å². The first kappa shape index (κ1) is 10.4. The molecule has 1 rings (SSSR count). The van der Waals surface area contributed by atoms with E-state index in [0.29, 0.717) is 19.8 Å². The second-order valence-corrected chi connectivity index (χ2v) is 2.77. The maximum atomic E-state index is 11.2. The smallest absolute Gasteiger partial charge is 0.260 e. The van der Waals surface area contributed by atoms with E-state index in [-0.39, 0.29) is 12.5 Å². The van der Waals surface area contributed by atoms with Gasteiger partial charge in [0.15, 0.2) is 0 Å². The molecule has 0 aromatic carbocycles. The number of hydrogen-bond donors (Lipinski definition) is 1. The minimum absolute atomic E-state index is 0.0937.